The number of anilines is 1. The fourth-order valence-corrected chi connectivity index (χ4v) is 2.58. The van der Waals surface area contributed by atoms with Crippen molar-refractivity contribution in [3.63, 3.8) is 0 Å². The second-order valence-electron chi connectivity index (χ2n) is 5.76. The summed E-state index contributed by atoms with van der Waals surface area (Å²) in [6, 6.07) is 8.19. The predicted octanol–water partition coefficient (Wildman–Crippen LogP) is 3.23. The normalized spacial score (nSPS) is 20.5. The van der Waals surface area contributed by atoms with Crippen LogP contribution in [-0.2, 0) is 4.79 Å². The Bertz CT molecular complexity index is 425. The molecule has 1 heterocycles. The number of amides is 1. The maximum atomic E-state index is 12.2. The summed E-state index contributed by atoms with van der Waals surface area (Å²) >= 11 is 0. The number of hydrogen-bond acceptors (Lipinski definition) is 2. The van der Waals surface area contributed by atoms with E-state index in [4.69, 9.17) is 0 Å². The third-order valence-electron chi connectivity index (χ3n) is 3.92. The minimum Gasteiger partial charge on any atom is -0.325 e. The van der Waals surface area contributed by atoms with Crippen LogP contribution in [-0.4, -0.2) is 30.4 Å². The lowest BCUT2D eigenvalue weighted by Crippen LogP contribution is -2.44. The van der Waals surface area contributed by atoms with Crippen LogP contribution in [0, 0.1) is 0 Å². The molecular weight excluding hydrogens is 236 g/mol. The Morgan fingerprint density at radius 1 is 1.26 bits per heavy atom. The highest BCUT2D eigenvalue weighted by Crippen LogP contribution is 2.19. The minimum atomic E-state index is 0.0264. The fraction of sp³-hybridized carbons (Fsp3) is 0.562. The average Bonchev–Trinajstić information content (AvgIpc) is 2.39. The van der Waals surface area contributed by atoms with Gasteiger partial charge < -0.3 is 5.32 Å². The van der Waals surface area contributed by atoms with Crippen LogP contribution in [0.15, 0.2) is 24.3 Å². The second-order valence-corrected chi connectivity index (χ2v) is 5.76. The molecule has 104 valence electrons. The van der Waals surface area contributed by atoms with Gasteiger partial charge >= 0.3 is 0 Å². The van der Waals surface area contributed by atoms with Crippen LogP contribution in [0.3, 0.4) is 0 Å². The Balaban J connectivity index is 1.98. The Kier molecular flexibility index (Phi) is 4.59. The van der Waals surface area contributed by atoms with Crippen molar-refractivity contribution in [3.8, 4) is 0 Å². The zero-order chi connectivity index (χ0) is 13.8. The van der Waals surface area contributed by atoms with E-state index in [1.807, 2.05) is 19.2 Å². The maximum absolute atomic E-state index is 12.2. The zero-order valence-corrected chi connectivity index (χ0v) is 12.1. The Morgan fingerprint density at radius 3 is 2.53 bits per heavy atom. The quantitative estimate of drug-likeness (QED) is 0.905. The van der Waals surface area contributed by atoms with E-state index < -0.39 is 0 Å². The van der Waals surface area contributed by atoms with E-state index in [1.54, 1.807) is 0 Å². The van der Waals surface area contributed by atoms with Gasteiger partial charge in [-0.05, 0) is 50.0 Å². The molecule has 1 aromatic carbocycles. The number of rotatable bonds is 3. The van der Waals surface area contributed by atoms with Crippen LogP contribution in [0.2, 0.25) is 0 Å². The summed E-state index contributed by atoms with van der Waals surface area (Å²) in [4.78, 5) is 14.4. The molecule has 1 fully saturated rings. The van der Waals surface area contributed by atoms with Gasteiger partial charge in [-0.25, -0.2) is 0 Å². The summed E-state index contributed by atoms with van der Waals surface area (Å²) in [6.45, 7) is 5.36. The molecule has 0 radical (unpaired) electrons. The SMILES string of the molecule is CC(C)c1ccc(NC(=O)C2CCCCN2C)cc1. The molecule has 1 aliphatic heterocycles. The van der Waals surface area contributed by atoms with E-state index in [0.717, 1.165) is 25.1 Å². The molecule has 0 aliphatic carbocycles. The molecule has 1 aromatic rings. The van der Waals surface area contributed by atoms with Gasteiger partial charge in [0.2, 0.25) is 5.91 Å². The smallest absolute Gasteiger partial charge is 0.241 e. The maximum Gasteiger partial charge on any atom is 0.241 e. The molecule has 1 amide bonds. The Morgan fingerprint density at radius 2 is 1.95 bits per heavy atom. The summed E-state index contributed by atoms with van der Waals surface area (Å²) in [5.74, 6) is 0.647. The number of likely N-dealkylation sites (N-methyl/N-ethyl adjacent to an activating group) is 1. The molecular formula is C16H24N2O. The number of nitrogens with one attached hydrogen (secondary N) is 1. The van der Waals surface area contributed by atoms with Gasteiger partial charge in [-0.15, -0.1) is 0 Å². The first-order valence-electron chi connectivity index (χ1n) is 7.19. The van der Waals surface area contributed by atoms with Gasteiger partial charge in [0.05, 0.1) is 6.04 Å². The first-order valence-corrected chi connectivity index (χ1v) is 7.19. The molecule has 3 nitrogen and oxygen atoms in total. The fourth-order valence-electron chi connectivity index (χ4n) is 2.58. The van der Waals surface area contributed by atoms with Crippen molar-refractivity contribution in [2.75, 3.05) is 18.9 Å². The molecule has 3 heteroatoms. The summed E-state index contributed by atoms with van der Waals surface area (Å²) in [5, 5.41) is 3.03. The van der Waals surface area contributed by atoms with Crippen molar-refractivity contribution < 1.29 is 4.79 Å². The monoisotopic (exact) mass is 260 g/mol. The molecule has 1 unspecified atom stereocenters. The molecule has 1 aliphatic rings. The van der Waals surface area contributed by atoms with Crippen molar-refractivity contribution >= 4 is 11.6 Å². The molecule has 0 saturated carbocycles. The number of nitrogens with zero attached hydrogens (tertiary/aromatic N) is 1. The van der Waals surface area contributed by atoms with Crippen LogP contribution < -0.4 is 5.32 Å². The highest BCUT2D eigenvalue weighted by atomic mass is 16.2. The van der Waals surface area contributed by atoms with Gasteiger partial charge in [0.15, 0.2) is 0 Å². The number of piperidine rings is 1. The molecule has 1 N–H and O–H groups in total. The van der Waals surface area contributed by atoms with Gasteiger partial charge in [-0.1, -0.05) is 32.4 Å². The van der Waals surface area contributed by atoms with E-state index in [0.29, 0.717) is 5.92 Å². The van der Waals surface area contributed by atoms with Crippen molar-refractivity contribution in [2.24, 2.45) is 0 Å². The average molecular weight is 260 g/mol. The first-order chi connectivity index (χ1) is 9.08. The molecule has 1 atom stereocenters. The van der Waals surface area contributed by atoms with Crippen LogP contribution in [0.4, 0.5) is 5.69 Å². The summed E-state index contributed by atoms with van der Waals surface area (Å²) in [7, 11) is 2.03. The van der Waals surface area contributed by atoms with Gasteiger partial charge in [-0.3, -0.25) is 9.69 Å². The third-order valence-corrected chi connectivity index (χ3v) is 3.92. The van der Waals surface area contributed by atoms with E-state index in [2.05, 4.69) is 36.2 Å². The molecule has 1 saturated heterocycles. The van der Waals surface area contributed by atoms with Crippen molar-refractivity contribution in [3.05, 3.63) is 29.8 Å². The molecule has 19 heavy (non-hydrogen) atoms. The van der Waals surface area contributed by atoms with Crippen LogP contribution >= 0.6 is 0 Å². The number of hydrogen-bond donors (Lipinski definition) is 1. The highest BCUT2D eigenvalue weighted by Gasteiger charge is 2.25. The molecule has 0 bridgehead atoms. The number of benzene rings is 1. The summed E-state index contributed by atoms with van der Waals surface area (Å²) in [5.41, 5.74) is 2.20. The third kappa shape index (κ3) is 3.57. The minimum absolute atomic E-state index is 0.0264. The first kappa shape index (κ1) is 14.1. The van der Waals surface area contributed by atoms with E-state index in [1.165, 1.54) is 12.0 Å². The van der Waals surface area contributed by atoms with E-state index in [-0.39, 0.29) is 11.9 Å². The van der Waals surface area contributed by atoms with Crippen LogP contribution in [0.25, 0.3) is 0 Å². The Labute approximate surface area is 116 Å². The van der Waals surface area contributed by atoms with Gasteiger partial charge in [-0.2, -0.15) is 0 Å². The van der Waals surface area contributed by atoms with E-state index in [9.17, 15) is 4.79 Å². The summed E-state index contributed by atoms with van der Waals surface area (Å²) < 4.78 is 0. The molecule has 2 rings (SSSR count). The van der Waals surface area contributed by atoms with Crippen molar-refractivity contribution in [1.82, 2.24) is 4.90 Å². The highest BCUT2D eigenvalue weighted by molar-refractivity contribution is 5.94. The van der Waals surface area contributed by atoms with Gasteiger partial charge in [0.25, 0.3) is 0 Å². The summed E-state index contributed by atoms with van der Waals surface area (Å²) in [6.07, 6.45) is 3.31. The largest absolute Gasteiger partial charge is 0.325 e. The van der Waals surface area contributed by atoms with E-state index >= 15 is 0 Å². The number of likely N-dealkylation sites (tertiary alicyclic amines) is 1. The topological polar surface area (TPSA) is 32.3 Å². The Hall–Kier alpha value is -1.35. The number of carbonyl (C=O) groups excluding carboxylic acids is 1. The van der Waals surface area contributed by atoms with Crippen LogP contribution in [0.5, 0.6) is 0 Å². The lowest BCUT2D eigenvalue weighted by molar-refractivity contribution is -0.121. The number of carbonyl (C=O) groups is 1. The lowest BCUT2D eigenvalue weighted by atomic mass is 10.0. The predicted molar refractivity (Wildman–Crippen MR) is 79.4 cm³/mol. The molecule has 0 aromatic heterocycles. The molecule has 0 spiro atoms. The van der Waals surface area contributed by atoms with Crippen LogP contribution in [0.1, 0.15) is 44.6 Å². The van der Waals surface area contributed by atoms with Gasteiger partial charge in [0.1, 0.15) is 0 Å². The van der Waals surface area contributed by atoms with Gasteiger partial charge in [0, 0.05) is 5.69 Å². The van der Waals surface area contributed by atoms with Crippen molar-refractivity contribution in [1.29, 1.82) is 0 Å². The zero-order valence-electron chi connectivity index (χ0n) is 12.1. The van der Waals surface area contributed by atoms with Crippen molar-refractivity contribution in [2.45, 2.75) is 45.1 Å². The lowest BCUT2D eigenvalue weighted by Gasteiger charge is -2.31. The second kappa shape index (κ2) is 6.20. The standard InChI is InChI=1S/C16H24N2O/c1-12(2)13-7-9-14(10-8-13)17-16(19)15-6-4-5-11-18(15)3/h7-10,12,15H,4-6,11H2,1-3H3,(H,17,19).